The molecule has 2 bridgehead atoms. The Balaban J connectivity index is 2.13. The van der Waals surface area contributed by atoms with Crippen molar-refractivity contribution in [3.63, 3.8) is 0 Å². The second-order valence-corrected chi connectivity index (χ2v) is 6.58. The van der Waals surface area contributed by atoms with Crippen LogP contribution in [0.1, 0.15) is 13.8 Å². The molecule has 26 heavy (non-hydrogen) atoms. The van der Waals surface area contributed by atoms with Crippen LogP contribution < -0.4 is 0 Å². The topological polar surface area (TPSA) is 97.4 Å². The van der Waals surface area contributed by atoms with Gasteiger partial charge >= 0.3 is 11.9 Å². The fraction of sp³-hybridized carbons (Fsp3) is 0.611. The lowest BCUT2D eigenvalue weighted by atomic mass is 9.54. The van der Waals surface area contributed by atoms with E-state index in [2.05, 4.69) is 0 Å². The SMILES string of the molecule is CCOC(=O)C1=C[C@H]2[C@H]3C=C(C(=O)OC)[C@H](C(OC)(OC)C3=O)[C@@]2(C)O1. The fourth-order valence-corrected chi connectivity index (χ4v) is 4.41. The summed E-state index contributed by atoms with van der Waals surface area (Å²) < 4.78 is 26.8. The van der Waals surface area contributed by atoms with Crippen molar-refractivity contribution < 1.29 is 38.1 Å². The van der Waals surface area contributed by atoms with Gasteiger partial charge in [0.15, 0.2) is 5.78 Å². The van der Waals surface area contributed by atoms with Crippen LogP contribution in [-0.2, 0) is 38.1 Å². The smallest absolute Gasteiger partial charge is 0.373 e. The Morgan fingerprint density at radius 2 is 1.81 bits per heavy atom. The van der Waals surface area contributed by atoms with Gasteiger partial charge in [0.25, 0.3) is 0 Å². The van der Waals surface area contributed by atoms with Crippen LogP contribution in [0.2, 0.25) is 0 Å². The first-order valence-electron chi connectivity index (χ1n) is 8.33. The van der Waals surface area contributed by atoms with Crippen molar-refractivity contribution in [3.05, 3.63) is 23.5 Å². The molecule has 1 heterocycles. The molecule has 0 N–H and O–H groups in total. The van der Waals surface area contributed by atoms with Crippen molar-refractivity contribution in [2.45, 2.75) is 25.2 Å². The predicted molar refractivity (Wildman–Crippen MR) is 86.5 cm³/mol. The van der Waals surface area contributed by atoms with Crippen molar-refractivity contribution in [2.75, 3.05) is 27.9 Å². The largest absolute Gasteiger partial charge is 0.479 e. The van der Waals surface area contributed by atoms with Crippen LogP contribution in [0, 0.1) is 17.8 Å². The molecular weight excluding hydrogens is 344 g/mol. The van der Waals surface area contributed by atoms with E-state index in [4.69, 9.17) is 23.7 Å². The highest BCUT2D eigenvalue weighted by atomic mass is 16.7. The molecule has 4 aliphatic rings. The van der Waals surface area contributed by atoms with Crippen LogP contribution in [0.3, 0.4) is 0 Å². The Bertz CT molecular complexity index is 717. The van der Waals surface area contributed by atoms with Crippen molar-refractivity contribution in [2.24, 2.45) is 17.8 Å². The van der Waals surface area contributed by atoms with Crippen LogP contribution in [0.5, 0.6) is 0 Å². The maximum absolute atomic E-state index is 13.1. The van der Waals surface area contributed by atoms with Gasteiger partial charge < -0.3 is 23.7 Å². The van der Waals surface area contributed by atoms with E-state index in [1.54, 1.807) is 26.0 Å². The summed E-state index contributed by atoms with van der Waals surface area (Å²) in [7, 11) is 3.93. The maximum atomic E-state index is 13.1. The number of Topliss-reactive ketones (excluding diaryl/α,β-unsaturated/α-hetero) is 1. The highest BCUT2D eigenvalue weighted by Crippen LogP contribution is 2.59. The van der Waals surface area contributed by atoms with Gasteiger partial charge in [-0.1, -0.05) is 6.08 Å². The van der Waals surface area contributed by atoms with Crippen LogP contribution >= 0.6 is 0 Å². The van der Waals surface area contributed by atoms with Crippen molar-refractivity contribution in [3.8, 4) is 0 Å². The molecule has 1 saturated carbocycles. The van der Waals surface area contributed by atoms with Gasteiger partial charge in [0.1, 0.15) is 5.60 Å². The Kier molecular flexibility index (Phi) is 4.44. The third kappa shape index (κ3) is 2.18. The summed E-state index contributed by atoms with van der Waals surface area (Å²) in [6, 6.07) is 0. The van der Waals surface area contributed by atoms with Crippen molar-refractivity contribution >= 4 is 17.7 Å². The summed E-state index contributed by atoms with van der Waals surface area (Å²) >= 11 is 0. The number of hydrogen-bond acceptors (Lipinski definition) is 8. The van der Waals surface area contributed by atoms with Gasteiger partial charge in [-0.15, -0.1) is 0 Å². The van der Waals surface area contributed by atoms with Gasteiger partial charge in [-0.05, 0) is 19.9 Å². The Hall–Kier alpha value is -2.19. The van der Waals surface area contributed by atoms with Gasteiger partial charge in [0, 0.05) is 25.7 Å². The first-order valence-corrected chi connectivity index (χ1v) is 8.33. The molecule has 4 atom stereocenters. The average molecular weight is 366 g/mol. The lowest BCUT2D eigenvalue weighted by Gasteiger charge is -2.56. The van der Waals surface area contributed by atoms with E-state index in [0.717, 1.165) is 0 Å². The van der Waals surface area contributed by atoms with Crippen LogP contribution in [0.4, 0.5) is 0 Å². The number of ketones is 1. The predicted octanol–water partition coefficient (Wildman–Crippen LogP) is 0.756. The number of ether oxygens (including phenoxy) is 5. The van der Waals surface area contributed by atoms with Crippen LogP contribution in [0.15, 0.2) is 23.5 Å². The molecule has 1 aliphatic heterocycles. The van der Waals surface area contributed by atoms with E-state index < -0.39 is 41.1 Å². The molecule has 0 spiro atoms. The molecule has 0 radical (unpaired) electrons. The summed E-state index contributed by atoms with van der Waals surface area (Å²) in [5.41, 5.74) is -0.872. The number of allylic oxidation sites excluding steroid dienone is 1. The summed E-state index contributed by atoms with van der Waals surface area (Å²) in [6.45, 7) is 3.61. The number of esters is 2. The Morgan fingerprint density at radius 1 is 1.15 bits per heavy atom. The van der Waals surface area contributed by atoms with E-state index >= 15 is 0 Å². The second kappa shape index (κ2) is 6.21. The molecule has 3 aliphatic carbocycles. The lowest BCUT2D eigenvalue weighted by Crippen LogP contribution is -2.70. The molecule has 0 aromatic carbocycles. The van der Waals surface area contributed by atoms with Gasteiger partial charge in [-0.2, -0.15) is 0 Å². The second-order valence-electron chi connectivity index (χ2n) is 6.58. The summed E-state index contributed by atoms with van der Waals surface area (Å²) in [5, 5.41) is 0. The molecule has 0 aromatic rings. The minimum absolute atomic E-state index is 0.0182. The summed E-state index contributed by atoms with van der Waals surface area (Å²) in [5.74, 6) is -5.35. The zero-order valence-corrected chi connectivity index (χ0v) is 15.4. The molecular formula is C18H22O8. The molecule has 8 nitrogen and oxygen atoms in total. The van der Waals surface area contributed by atoms with E-state index in [-0.39, 0.29) is 23.7 Å². The normalized spacial score (nSPS) is 33.7. The summed E-state index contributed by atoms with van der Waals surface area (Å²) in [4.78, 5) is 37.6. The maximum Gasteiger partial charge on any atom is 0.373 e. The number of hydrogen-bond donors (Lipinski definition) is 0. The first kappa shape index (κ1) is 18.6. The zero-order chi connectivity index (χ0) is 19.3. The van der Waals surface area contributed by atoms with E-state index in [1.807, 2.05) is 0 Å². The first-order chi connectivity index (χ1) is 12.3. The molecule has 0 saturated heterocycles. The molecule has 1 fully saturated rings. The monoisotopic (exact) mass is 366 g/mol. The molecule has 142 valence electrons. The molecule has 8 heteroatoms. The Labute approximate surface area is 151 Å². The van der Waals surface area contributed by atoms with E-state index in [0.29, 0.717) is 0 Å². The Morgan fingerprint density at radius 3 is 2.35 bits per heavy atom. The van der Waals surface area contributed by atoms with Gasteiger partial charge in [0.05, 0.1) is 25.6 Å². The fourth-order valence-electron chi connectivity index (χ4n) is 4.41. The summed E-state index contributed by atoms with van der Waals surface area (Å²) in [6.07, 6.45) is 3.16. The van der Waals surface area contributed by atoms with Crippen molar-refractivity contribution in [1.29, 1.82) is 0 Å². The van der Waals surface area contributed by atoms with Crippen molar-refractivity contribution in [1.82, 2.24) is 0 Å². The lowest BCUT2D eigenvalue weighted by molar-refractivity contribution is -0.273. The molecule has 0 unspecified atom stereocenters. The molecule has 0 amide bonds. The highest BCUT2D eigenvalue weighted by Gasteiger charge is 2.72. The number of carbonyl (C=O) groups is 3. The van der Waals surface area contributed by atoms with Gasteiger partial charge in [0.2, 0.25) is 11.5 Å². The van der Waals surface area contributed by atoms with Gasteiger partial charge in [-0.3, -0.25) is 4.79 Å². The number of fused-ring (bicyclic) bond motifs is 1. The number of rotatable bonds is 5. The van der Waals surface area contributed by atoms with Crippen LogP contribution in [0.25, 0.3) is 0 Å². The van der Waals surface area contributed by atoms with E-state index in [1.165, 1.54) is 21.3 Å². The average Bonchev–Trinajstić information content (AvgIpc) is 3.01. The minimum Gasteiger partial charge on any atom is -0.479 e. The quantitative estimate of drug-likeness (QED) is 0.520. The number of methoxy groups -OCH3 is 3. The molecule has 0 aromatic heterocycles. The highest BCUT2D eigenvalue weighted by molar-refractivity contribution is 6.01. The number of carbonyl (C=O) groups excluding carboxylic acids is 3. The van der Waals surface area contributed by atoms with Gasteiger partial charge in [-0.25, -0.2) is 9.59 Å². The van der Waals surface area contributed by atoms with E-state index in [9.17, 15) is 14.4 Å². The third-order valence-electron chi connectivity index (χ3n) is 5.48. The zero-order valence-electron chi connectivity index (χ0n) is 15.4. The standard InChI is InChI=1S/C18H22O8/c1-6-25-16(21)12-8-11-9-7-10(15(20)22-3)13(17(11,2)26-12)18(23-4,24-5)14(9)19/h7-9,11,13H,6H2,1-5H3/t9-,11+,13+,17+/m1/s1. The minimum atomic E-state index is -1.70. The molecule has 4 rings (SSSR count). The van der Waals surface area contributed by atoms with Crippen LogP contribution in [-0.4, -0.2) is 57.0 Å². The third-order valence-corrected chi connectivity index (χ3v) is 5.48.